The SMILES string of the molecule is c1ccc(-c2cccc3c2Cc2cc(-n4c5ccccc5c5c6c7ccccc7n(-c7ccccc7)c6ccc54)ccc2-3)cc1. The van der Waals surface area contributed by atoms with Gasteiger partial charge in [0, 0.05) is 32.9 Å². The third-order valence-corrected chi connectivity index (χ3v) is 9.75. The zero-order valence-corrected chi connectivity index (χ0v) is 24.6. The molecule has 0 saturated heterocycles. The summed E-state index contributed by atoms with van der Waals surface area (Å²) < 4.78 is 4.88. The summed E-state index contributed by atoms with van der Waals surface area (Å²) in [6, 6.07) is 57.7. The van der Waals surface area contributed by atoms with Crippen molar-refractivity contribution in [3.8, 4) is 33.6 Å². The van der Waals surface area contributed by atoms with Gasteiger partial charge in [0.2, 0.25) is 0 Å². The van der Waals surface area contributed by atoms with Gasteiger partial charge in [0.25, 0.3) is 0 Å². The van der Waals surface area contributed by atoms with Gasteiger partial charge in [-0.05, 0) is 88.3 Å². The van der Waals surface area contributed by atoms with Gasteiger partial charge in [-0.2, -0.15) is 0 Å². The van der Waals surface area contributed by atoms with E-state index in [0.29, 0.717) is 0 Å². The van der Waals surface area contributed by atoms with Gasteiger partial charge in [0.15, 0.2) is 0 Å². The summed E-state index contributed by atoms with van der Waals surface area (Å²) in [7, 11) is 0. The number of para-hydroxylation sites is 3. The van der Waals surface area contributed by atoms with Crippen LogP contribution < -0.4 is 0 Å². The Balaban J connectivity index is 1.22. The molecule has 45 heavy (non-hydrogen) atoms. The molecule has 0 atom stereocenters. The molecule has 0 aliphatic heterocycles. The maximum absolute atomic E-state index is 2.47. The molecule has 0 amide bonds. The van der Waals surface area contributed by atoms with Crippen LogP contribution in [0.1, 0.15) is 11.1 Å². The smallest absolute Gasteiger partial charge is 0.0548 e. The van der Waals surface area contributed by atoms with E-state index in [2.05, 4.69) is 167 Å². The lowest BCUT2D eigenvalue weighted by atomic mass is 9.96. The number of rotatable bonds is 3. The molecule has 0 fully saturated rings. The van der Waals surface area contributed by atoms with Crippen LogP contribution in [0.3, 0.4) is 0 Å². The first-order valence-electron chi connectivity index (χ1n) is 15.7. The van der Waals surface area contributed by atoms with E-state index < -0.39 is 0 Å². The zero-order chi connectivity index (χ0) is 29.5. The highest BCUT2D eigenvalue weighted by molar-refractivity contribution is 6.28. The van der Waals surface area contributed by atoms with Crippen molar-refractivity contribution in [1.82, 2.24) is 9.13 Å². The molecule has 2 aromatic heterocycles. The van der Waals surface area contributed by atoms with E-state index in [1.54, 1.807) is 0 Å². The molecule has 1 aliphatic carbocycles. The highest BCUT2D eigenvalue weighted by Crippen LogP contribution is 2.45. The molecule has 10 rings (SSSR count). The fourth-order valence-corrected chi connectivity index (χ4v) is 7.89. The van der Waals surface area contributed by atoms with Crippen LogP contribution in [0.5, 0.6) is 0 Å². The van der Waals surface area contributed by atoms with Crippen molar-refractivity contribution in [2.75, 3.05) is 0 Å². The highest BCUT2D eigenvalue weighted by atomic mass is 15.0. The second-order valence-corrected chi connectivity index (χ2v) is 12.1. The van der Waals surface area contributed by atoms with Gasteiger partial charge in [-0.3, -0.25) is 0 Å². The monoisotopic (exact) mass is 572 g/mol. The predicted molar refractivity (Wildman–Crippen MR) is 189 cm³/mol. The molecule has 0 saturated carbocycles. The first-order chi connectivity index (χ1) is 22.3. The quantitative estimate of drug-likeness (QED) is 0.199. The van der Waals surface area contributed by atoms with Crippen molar-refractivity contribution in [3.63, 3.8) is 0 Å². The van der Waals surface area contributed by atoms with E-state index in [9.17, 15) is 0 Å². The summed E-state index contributed by atoms with van der Waals surface area (Å²) in [4.78, 5) is 0. The molecule has 0 unspecified atom stereocenters. The Labute approximate surface area is 261 Å². The first-order valence-corrected chi connectivity index (χ1v) is 15.7. The summed E-state index contributed by atoms with van der Waals surface area (Å²) in [6.45, 7) is 0. The van der Waals surface area contributed by atoms with Crippen LogP contribution in [0.2, 0.25) is 0 Å². The lowest BCUT2D eigenvalue weighted by molar-refractivity contribution is 1.16. The fourth-order valence-electron chi connectivity index (χ4n) is 7.89. The molecule has 0 radical (unpaired) electrons. The van der Waals surface area contributed by atoms with Gasteiger partial charge in [-0.15, -0.1) is 0 Å². The second-order valence-electron chi connectivity index (χ2n) is 12.1. The number of hydrogen-bond acceptors (Lipinski definition) is 0. The molecule has 1 aliphatic rings. The van der Waals surface area contributed by atoms with Gasteiger partial charge in [0.05, 0.1) is 22.1 Å². The Morgan fingerprint density at radius 1 is 0.378 bits per heavy atom. The molecule has 2 heterocycles. The molecule has 7 aromatic carbocycles. The van der Waals surface area contributed by atoms with Crippen molar-refractivity contribution in [3.05, 3.63) is 169 Å². The van der Waals surface area contributed by atoms with Crippen LogP contribution in [-0.2, 0) is 6.42 Å². The van der Waals surface area contributed by atoms with Crippen molar-refractivity contribution in [1.29, 1.82) is 0 Å². The molecule has 2 nitrogen and oxygen atoms in total. The number of benzene rings is 7. The lowest BCUT2D eigenvalue weighted by Gasteiger charge is -2.11. The molecule has 0 N–H and O–H groups in total. The summed E-state index contributed by atoms with van der Waals surface area (Å²) in [6.07, 6.45) is 0.940. The highest BCUT2D eigenvalue weighted by Gasteiger charge is 2.24. The first kappa shape index (κ1) is 24.6. The van der Waals surface area contributed by atoms with E-state index >= 15 is 0 Å². The minimum absolute atomic E-state index is 0.940. The molecule has 9 aromatic rings. The second kappa shape index (κ2) is 9.32. The van der Waals surface area contributed by atoms with Gasteiger partial charge in [-0.1, -0.05) is 109 Å². The van der Waals surface area contributed by atoms with Crippen LogP contribution in [-0.4, -0.2) is 9.13 Å². The lowest BCUT2D eigenvalue weighted by Crippen LogP contribution is -1.96. The van der Waals surface area contributed by atoms with Crippen LogP contribution in [0.25, 0.3) is 77.2 Å². The maximum Gasteiger partial charge on any atom is 0.0548 e. The summed E-state index contributed by atoms with van der Waals surface area (Å²) in [5, 5.41) is 5.18. The minimum atomic E-state index is 0.940. The van der Waals surface area contributed by atoms with Gasteiger partial charge in [0.1, 0.15) is 0 Å². The predicted octanol–water partition coefficient (Wildman–Crippen LogP) is 11.1. The van der Waals surface area contributed by atoms with Gasteiger partial charge < -0.3 is 9.13 Å². The molecule has 210 valence electrons. The van der Waals surface area contributed by atoms with Crippen LogP contribution >= 0.6 is 0 Å². The Morgan fingerprint density at radius 2 is 0.956 bits per heavy atom. The average molecular weight is 573 g/mol. The Bertz CT molecular complexity index is 2600. The topological polar surface area (TPSA) is 9.86 Å². The van der Waals surface area contributed by atoms with E-state index in [-0.39, 0.29) is 0 Å². The van der Waals surface area contributed by atoms with Crippen molar-refractivity contribution in [2.24, 2.45) is 0 Å². The van der Waals surface area contributed by atoms with Crippen molar-refractivity contribution >= 4 is 43.6 Å². The fraction of sp³-hybridized carbons (Fsp3) is 0.0233. The molecule has 2 heteroatoms. The summed E-state index contributed by atoms with van der Waals surface area (Å²) >= 11 is 0. The number of nitrogens with zero attached hydrogens (tertiary/aromatic N) is 2. The normalized spacial score (nSPS) is 12.4. The van der Waals surface area contributed by atoms with E-state index in [1.807, 2.05) is 0 Å². The maximum atomic E-state index is 2.47. The molecular formula is C43H28N2. The average Bonchev–Trinajstić information content (AvgIpc) is 3.76. The van der Waals surface area contributed by atoms with E-state index in [0.717, 1.165) is 6.42 Å². The third kappa shape index (κ3) is 3.45. The largest absolute Gasteiger partial charge is 0.309 e. The Hall–Kier alpha value is -5.86. The van der Waals surface area contributed by atoms with Crippen LogP contribution in [0.15, 0.2) is 158 Å². The van der Waals surface area contributed by atoms with Crippen LogP contribution in [0, 0.1) is 0 Å². The molecule has 0 bridgehead atoms. The summed E-state index contributed by atoms with van der Waals surface area (Å²) in [5.41, 5.74) is 15.5. The Morgan fingerprint density at radius 3 is 1.64 bits per heavy atom. The summed E-state index contributed by atoms with van der Waals surface area (Å²) in [5.74, 6) is 0. The van der Waals surface area contributed by atoms with Crippen LogP contribution in [0.4, 0.5) is 0 Å². The number of hydrogen-bond donors (Lipinski definition) is 0. The van der Waals surface area contributed by atoms with Gasteiger partial charge in [-0.25, -0.2) is 0 Å². The van der Waals surface area contributed by atoms with Crippen molar-refractivity contribution in [2.45, 2.75) is 6.42 Å². The standard InChI is InChI=1S/C43H28N2/c1-3-12-28(13-4-1)32-18-11-19-34-33-23-22-31(26-29(33)27-37(32)34)45-39-21-10-8-17-36(39)43-41(45)25-24-40-42(43)35-16-7-9-20-38(35)44(40)30-14-5-2-6-15-30/h1-26H,27H2. The van der Waals surface area contributed by atoms with E-state index in [4.69, 9.17) is 0 Å². The number of aromatic nitrogens is 2. The zero-order valence-electron chi connectivity index (χ0n) is 24.6. The van der Waals surface area contributed by atoms with Gasteiger partial charge >= 0.3 is 0 Å². The van der Waals surface area contributed by atoms with E-state index in [1.165, 1.54) is 88.4 Å². The molecular weight excluding hydrogens is 544 g/mol. The number of fused-ring (bicyclic) bond motifs is 10. The Kier molecular flexibility index (Phi) is 5.09. The third-order valence-electron chi connectivity index (χ3n) is 9.75. The molecule has 0 spiro atoms. The minimum Gasteiger partial charge on any atom is -0.309 e. The van der Waals surface area contributed by atoms with Crippen molar-refractivity contribution < 1.29 is 0 Å².